The molecule has 0 radical (unpaired) electrons. The van der Waals surface area contributed by atoms with E-state index in [4.69, 9.17) is 5.73 Å². The lowest BCUT2D eigenvalue weighted by Gasteiger charge is -2.08. The highest BCUT2D eigenvalue weighted by molar-refractivity contribution is 5.88. The fourth-order valence-electron chi connectivity index (χ4n) is 1.10. The van der Waals surface area contributed by atoms with Crippen molar-refractivity contribution in [2.24, 2.45) is 0 Å². The van der Waals surface area contributed by atoms with Crippen LogP contribution in [0.15, 0.2) is 6.07 Å². The fourth-order valence-corrected chi connectivity index (χ4v) is 1.10. The molecule has 0 unspecified atom stereocenters. The third-order valence-electron chi connectivity index (χ3n) is 1.91. The van der Waals surface area contributed by atoms with Crippen LogP contribution in [0.1, 0.15) is 28.2 Å². The van der Waals surface area contributed by atoms with E-state index in [1.54, 1.807) is 0 Å². The van der Waals surface area contributed by atoms with Gasteiger partial charge in [-0.2, -0.15) is 0 Å². The van der Waals surface area contributed by atoms with Crippen molar-refractivity contribution in [3.63, 3.8) is 0 Å². The Hall–Kier alpha value is -1.72. The molecule has 0 spiro atoms. The van der Waals surface area contributed by atoms with Crippen molar-refractivity contribution in [3.8, 4) is 0 Å². The highest BCUT2D eigenvalue weighted by atomic mass is 19.3. The van der Waals surface area contributed by atoms with Crippen LogP contribution in [0.25, 0.3) is 0 Å². The van der Waals surface area contributed by atoms with Gasteiger partial charge in [-0.1, -0.05) is 0 Å². The first-order valence-electron chi connectivity index (χ1n) is 4.10. The molecule has 0 amide bonds. The molecule has 0 aliphatic carbocycles. The number of aryl methyl sites for hydroxylation is 1. The molecule has 1 heterocycles. The number of nitrogens with zero attached hydrogens (tertiary/aromatic N) is 1. The van der Waals surface area contributed by atoms with Crippen molar-refractivity contribution in [1.29, 1.82) is 0 Å². The van der Waals surface area contributed by atoms with Gasteiger partial charge in [0, 0.05) is 5.56 Å². The number of carbonyl (C=O) groups is 1. The molecule has 1 aromatic heterocycles. The van der Waals surface area contributed by atoms with Gasteiger partial charge in [0.1, 0.15) is 5.69 Å². The molecule has 4 nitrogen and oxygen atoms in total. The number of hydrogen-bond acceptors (Lipinski definition) is 4. The third kappa shape index (κ3) is 2.20. The van der Waals surface area contributed by atoms with Gasteiger partial charge >= 0.3 is 5.97 Å². The van der Waals surface area contributed by atoms with E-state index in [9.17, 15) is 13.6 Å². The van der Waals surface area contributed by atoms with E-state index in [2.05, 4.69) is 9.72 Å². The van der Waals surface area contributed by atoms with E-state index in [0.717, 1.165) is 13.2 Å². The zero-order valence-electron chi connectivity index (χ0n) is 8.25. The summed E-state index contributed by atoms with van der Waals surface area (Å²) in [5.74, 6) is -0.764. The van der Waals surface area contributed by atoms with Gasteiger partial charge in [-0.15, -0.1) is 0 Å². The van der Waals surface area contributed by atoms with Gasteiger partial charge in [-0.05, 0) is 13.0 Å². The first-order chi connectivity index (χ1) is 6.97. The molecule has 0 aromatic carbocycles. The quantitative estimate of drug-likeness (QED) is 0.764. The van der Waals surface area contributed by atoms with E-state index in [-0.39, 0.29) is 17.1 Å². The van der Waals surface area contributed by atoms with Crippen molar-refractivity contribution < 1.29 is 18.3 Å². The van der Waals surface area contributed by atoms with Crippen molar-refractivity contribution in [2.45, 2.75) is 13.3 Å². The Labute approximate surface area is 85.1 Å². The second kappa shape index (κ2) is 4.20. The van der Waals surface area contributed by atoms with Crippen LogP contribution in [-0.4, -0.2) is 18.1 Å². The average molecular weight is 216 g/mol. The van der Waals surface area contributed by atoms with Crippen molar-refractivity contribution in [3.05, 3.63) is 23.0 Å². The molecule has 1 aromatic rings. The van der Waals surface area contributed by atoms with Gasteiger partial charge < -0.3 is 10.5 Å². The minimum Gasteiger partial charge on any atom is -0.464 e. The summed E-state index contributed by atoms with van der Waals surface area (Å²) in [6.07, 6.45) is -2.74. The summed E-state index contributed by atoms with van der Waals surface area (Å²) >= 11 is 0. The number of alkyl halides is 2. The Bertz CT molecular complexity index is 394. The number of aromatic nitrogens is 1. The minimum absolute atomic E-state index is 0.0994. The highest BCUT2D eigenvalue weighted by Crippen LogP contribution is 2.27. The van der Waals surface area contributed by atoms with Crippen molar-refractivity contribution >= 4 is 11.7 Å². The molecule has 0 bridgehead atoms. The monoisotopic (exact) mass is 216 g/mol. The summed E-state index contributed by atoms with van der Waals surface area (Å²) < 4.78 is 29.4. The molecule has 82 valence electrons. The summed E-state index contributed by atoms with van der Waals surface area (Å²) in [6, 6.07) is 0.943. The second-order valence-corrected chi connectivity index (χ2v) is 2.89. The number of halogens is 2. The molecule has 6 heteroatoms. The highest BCUT2D eigenvalue weighted by Gasteiger charge is 2.18. The fraction of sp³-hybridized carbons (Fsp3) is 0.333. The molecular formula is C9H10F2N2O2. The van der Waals surface area contributed by atoms with Crippen molar-refractivity contribution in [2.75, 3.05) is 12.8 Å². The molecule has 0 aliphatic heterocycles. The largest absolute Gasteiger partial charge is 0.464 e. The van der Waals surface area contributed by atoms with E-state index in [1.807, 2.05) is 0 Å². The number of esters is 1. The molecule has 0 saturated carbocycles. The van der Waals surface area contributed by atoms with Crippen LogP contribution in [0, 0.1) is 6.92 Å². The van der Waals surface area contributed by atoms with Crippen LogP contribution in [0.3, 0.4) is 0 Å². The van der Waals surface area contributed by atoms with Gasteiger partial charge in [0.25, 0.3) is 6.43 Å². The Kier molecular flexibility index (Phi) is 3.18. The van der Waals surface area contributed by atoms with Crippen molar-refractivity contribution in [1.82, 2.24) is 4.98 Å². The number of nitrogens with two attached hydrogens (primary N) is 1. The van der Waals surface area contributed by atoms with E-state index in [0.29, 0.717) is 0 Å². The third-order valence-corrected chi connectivity index (χ3v) is 1.91. The van der Waals surface area contributed by atoms with Crippen LogP contribution in [0.2, 0.25) is 0 Å². The Morgan fingerprint density at radius 1 is 1.60 bits per heavy atom. The lowest BCUT2D eigenvalue weighted by Crippen LogP contribution is -2.09. The lowest BCUT2D eigenvalue weighted by atomic mass is 10.1. The van der Waals surface area contributed by atoms with Crippen LogP contribution < -0.4 is 5.73 Å². The minimum atomic E-state index is -2.74. The molecule has 15 heavy (non-hydrogen) atoms. The van der Waals surface area contributed by atoms with E-state index >= 15 is 0 Å². The van der Waals surface area contributed by atoms with Gasteiger partial charge in [0.05, 0.1) is 18.5 Å². The first-order valence-corrected chi connectivity index (χ1v) is 4.10. The number of anilines is 1. The zero-order valence-corrected chi connectivity index (χ0v) is 8.25. The van der Waals surface area contributed by atoms with Crippen LogP contribution >= 0.6 is 0 Å². The first kappa shape index (κ1) is 11.4. The summed E-state index contributed by atoms with van der Waals surface area (Å²) in [4.78, 5) is 14.8. The molecule has 0 aliphatic rings. The van der Waals surface area contributed by atoms with Crippen LogP contribution in [0.4, 0.5) is 14.5 Å². The molecule has 0 saturated heterocycles. The van der Waals surface area contributed by atoms with Gasteiger partial charge in [0.15, 0.2) is 0 Å². The van der Waals surface area contributed by atoms with E-state index < -0.39 is 18.0 Å². The van der Waals surface area contributed by atoms with Crippen LogP contribution in [0.5, 0.6) is 0 Å². The SMILES string of the molecule is COC(=O)c1cc(C(F)F)c(N)c(C)n1. The van der Waals surface area contributed by atoms with E-state index in [1.165, 1.54) is 6.92 Å². The molecule has 0 atom stereocenters. The molecule has 1 rings (SSSR count). The Balaban J connectivity index is 3.29. The maximum absolute atomic E-state index is 12.5. The zero-order chi connectivity index (χ0) is 11.6. The number of hydrogen-bond donors (Lipinski definition) is 1. The lowest BCUT2D eigenvalue weighted by molar-refractivity contribution is 0.0593. The smallest absolute Gasteiger partial charge is 0.356 e. The number of ether oxygens (including phenoxy) is 1. The number of nitrogen functional groups attached to an aromatic ring is 1. The van der Waals surface area contributed by atoms with Gasteiger partial charge in [-0.25, -0.2) is 18.6 Å². The maximum Gasteiger partial charge on any atom is 0.356 e. The van der Waals surface area contributed by atoms with Gasteiger partial charge in [0.2, 0.25) is 0 Å². The topological polar surface area (TPSA) is 65.2 Å². The van der Waals surface area contributed by atoms with Gasteiger partial charge in [-0.3, -0.25) is 0 Å². The molecule has 2 N–H and O–H groups in total. The number of rotatable bonds is 2. The Morgan fingerprint density at radius 2 is 2.20 bits per heavy atom. The van der Waals surface area contributed by atoms with Crippen LogP contribution in [-0.2, 0) is 4.74 Å². The summed E-state index contributed by atoms with van der Waals surface area (Å²) in [7, 11) is 1.15. The summed E-state index contributed by atoms with van der Waals surface area (Å²) in [5, 5.41) is 0. The summed E-state index contributed by atoms with van der Waals surface area (Å²) in [5.41, 5.74) is 4.92. The molecule has 0 fully saturated rings. The normalized spacial score (nSPS) is 10.5. The average Bonchev–Trinajstić information content (AvgIpc) is 2.20. The second-order valence-electron chi connectivity index (χ2n) is 2.89. The molecular weight excluding hydrogens is 206 g/mol. The Morgan fingerprint density at radius 3 is 2.67 bits per heavy atom. The number of pyridine rings is 1. The standard InChI is InChI=1S/C9H10F2N2O2/c1-4-7(12)5(8(10)11)3-6(13-4)9(14)15-2/h3,8H,12H2,1-2H3. The predicted molar refractivity (Wildman–Crippen MR) is 49.7 cm³/mol. The number of carbonyl (C=O) groups excluding carboxylic acids is 1. The number of methoxy groups -OCH3 is 1. The summed E-state index contributed by atoms with van der Waals surface area (Å²) in [6.45, 7) is 1.45. The predicted octanol–water partition coefficient (Wildman–Crippen LogP) is 1.70. The maximum atomic E-state index is 12.5.